The van der Waals surface area contributed by atoms with E-state index in [4.69, 9.17) is 14.2 Å². The molecule has 0 spiro atoms. The van der Waals surface area contributed by atoms with E-state index in [0.29, 0.717) is 32.3 Å². The summed E-state index contributed by atoms with van der Waals surface area (Å²) in [4.78, 5) is 4.44. The Morgan fingerprint density at radius 1 is 1.15 bits per heavy atom. The number of pyridine rings is 1. The number of nitrogens with one attached hydrogen (secondary N) is 1. The minimum absolute atomic E-state index is 0.504. The molecule has 5 nitrogen and oxygen atoms in total. The molecule has 1 aromatic rings. The van der Waals surface area contributed by atoms with E-state index in [1.807, 2.05) is 13.0 Å². The molecule has 0 amide bonds. The first-order chi connectivity index (χ1) is 9.77. The van der Waals surface area contributed by atoms with Crippen LogP contribution in [-0.2, 0) is 16.0 Å². The van der Waals surface area contributed by atoms with Gasteiger partial charge in [-0.25, -0.2) is 4.98 Å². The molecule has 0 bridgehead atoms. The zero-order chi connectivity index (χ0) is 14.6. The Morgan fingerprint density at radius 3 is 2.65 bits per heavy atom. The average Bonchev–Trinajstić information content (AvgIpc) is 2.45. The van der Waals surface area contributed by atoms with Crippen LogP contribution in [0.1, 0.15) is 24.6 Å². The number of hydrogen-bond acceptors (Lipinski definition) is 5. The molecule has 0 unspecified atom stereocenters. The van der Waals surface area contributed by atoms with Crippen molar-refractivity contribution in [3.8, 4) is 5.88 Å². The molecule has 1 heterocycles. The summed E-state index contributed by atoms with van der Waals surface area (Å²) in [5, 5.41) is 3.37. The molecular formula is C15H26N2O3. The van der Waals surface area contributed by atoms with Crippen LogP contribution < -0.4 is 10.1 Å². The van der Waals surface area contributed by atoms with E-state index in [1.165, 1.54) is 5.56 Å². The molecule has 0 aliphatic carbocycles. The fourth-order valence-corrected chi connectivity index (χ4v) is 1.68. The van der Waals surface area contributed by atoms with E-state index in [0.717, 1.165) is 25.2 Å². The van der Waals surface area contributed by atoms with Gasteiger partial charge in [0.25, 0.3) is 0 Å². The van der Waals surface area contributed by atoms with Gasteiger partial charge >= 0.3 is 0 Å². The van der Waals surface area contributed by atoms with Gasteiger partial charge in [-0.3, -0.25) is 0 Å². The van der Waals surface area contributed by atoms with Crippen molar-refractivity contribution >= 4 is 0 Å². The molecule has 0 aliphatic rings. The summed E-state index contributed by atoms with van der Waals surface area (Å²) in [7, 11) is 1.66. The summed E-state index contributed by atoms with van der Waals surface area (Å²) >= 11 is 0. The quantitative estimate of drug-likeness (QED) is 0.629. The molecule has 114 valence electrons. The summed E-state index contributed by atoms with van der Waals surface area (Å²) in [6.45, 7) is 8.29. The lowest BCUT2D eigenvalue weighted by atomic mass is 10.2. The highest BCUT2D eigenvalue weighted by Crippen LogP contribution is 2.12. The third-order valence-corrected chi connectivity index (χ3v) is 2.82. The second-order valence-electron chi connectivity index (χ2n) is 4.52. The van der Waals surface area contributed by atoms with Gasteiger partial charge in [0.15, 0.2) is 0 Å². The number of aryl methyl sites for hydroxylation is 1. The van der Waals surface area contributed by atoms with Gasteiger partial charge in [0.1, 0.15) is 6.61 Å². The van der Waals surface area contributed by atoms with Crippen molar-refractivity contribution in [3.63, 3.8) is 0 Å². The minimum Gasteiger partial charge on any atom is -0.475 e. The zero-order valence-electron chi connectivity index (χ0n) is 12.8. The van der Waals surface area contributed by atoms with Crippen molar-refractivity contribution in [2.45, 2.75) is 26.8 Å². The van der Waals surface area contributed by atoms with Crippen LogP contribution in [0.4, 0.5) is 0 Å². The van der Waals surface area contributed by atoms with Gasteiger partial charge in [0.2, 0.25) is 5.88 Å². The summed E-state index contributed by atoms with van der Waals surface area (Å²) in [5.41, 5.74) is 2.22. The lowest BCUT2D eigenvalue weighted by molar-refractivity contribution is 0.0536. The topological polar surface area (TPSA) is 52.6 Å². The first kappa shape index (κ1) is 16.9. The summed E-state index contributed by atoms with van der Waals surface area (Å²) in [6, 6.07) is 3.97. The smallest absolute Gasteiger partial charge is 0.213 e. The number of rotatable bonds is 11. The highest BCUT2D eigenvalue weighted by atomic mass is 16.5. The Kier molecular flexibility index (Phi) is 8.95. The summed E-state index contributed by atoms with van der Waals surface area (Å²) in [6.07, 6.45) is 1.14. The fourth-order valence-electron chi connectivity index (χ4n) is 1.68. The number of nitrogens with zero attached hydrogens (tertiary/aromatic N) is 1. The summed E-state index contributed by atoms with van der Waals surface area (Å²) in [5.74, 6) is 0.650. The van der Waals surface area contributed by atoms with Crippen LogP contribution in [0.2, 0.25) is 0 Å². The molecule has 5 heteroatoms. The van der Waals surface area contributed by atoms with E-state index in [2.05, 4.69) is 23.3 Å². The van der Waals surface area contributed by atoms with Crippen LogP contribution in [0.3, 0.4) is 0 Å². The van der Waals surface area contributed by atoms with Crippen molar-refractivity contribution < 1.29 is 14.2 Å². The van der Waals surface area contributed by atoms with E-state index < -0.39 is 0 Å². The average molecular weight is 282 g/mol. The Balaban J connectivity index is 2.28. The van der Waals surface area contributed by atoms with Crippen LogP contribution in [0, 0.1) is 6.92 Å². The Hall–Kier alpha value is -1.17. The van der Waals surface area contributed by atoms with Gasteiger partial charge in [-0.15, -0.1) is 0 Å². The van der Waals surface area contributed by atoms with E-state index in [1.54, 1.807) is 7.11 Å². The number of aromatic nitrogens is 1. The molecule has 0 aromatic carbocycles. The first-order valence-electron chi connectivity index (χ1n) is 7.14. The number of hydrogen-bond donors (Lipinski definition) is 1. The standard InChI is InChI=1S/C15H26N2O3/c1-4-7-16-12-14-5-6-15(17-13(14)2)20-11-10-19-9-8-18-3/h5-6,16H,4,7-12H2,1-3H3. The van der Waals surface area contributed by atoms with Crippen LogP contribution in [-0.4, -0.2) is 45.1 Å². The Morgan fingerprint density at radius 2 is 1.95 bits per heavy atom. The molecule has 0 radical (unpaired) electrons. The number of methoxy groups -OCH3 is 1. The van der Waals surface area contributed by atoms with Crippen molar-refractivity contribution in [1.29, 1.82) is 0 Å². The molecular weight excluding hydrogens is 256 g/mol. The van der Waals surface area contributed by atoms with Crippen molar-refractivity contribution in [2.75, 3.05) is 40.1 Å². The predicted molar refractivity (Wildman–Crippen MR) is 79.2 cm³/mol. The molecule has 0 atom stereocenters. The molecule has 0 saturated carbocycles. The third-order valence-electron chi connectivity index (χ3n) is 2.82. The Labute approximate surface area is 121 Å². The van der Waals surface area contributed by atoms with Crippen LogP contribution in [0.25, 0.3) is 0 Å². The maximum atomic E-state index is 5.55. The second-order valence-corrected chi connectivity index (χ2v) is 4.52. The van der Waals surface area contributed by atoms with Crippen LogP contribution in [0.15, 0.2) is 12.1 Å². The summed E-state index contributed by atoms with van der Waals surface area (Å²) < 4.78 is 15.8. The molecule has 20 heavy (non-hydrogen) atoms. The van der Waals surface area contributed by atoms with Crippen LogP contribution >= 0.6 is 0 Å². The largest absolute Gasteiger partial charge is 0.475 e. The lowest BCUT2D eigenvalue weighted by Crippen LogP contribution is -2.15. The highest BCUT2D eigenvalue weighted by Gasteiger charge is 2.02. The monoisotopic (exact) mass is 282 g/mol. The van der Waals surface area contributed by atoms with E-state index in [-0.39, 0.29) is 0 Å². The minimum atomic E-state index is 0.504. The van der Waals surface area contributed by atoms with Gasteiger partial charge in [0.05, 0.1) is 19.8 Å². The van der Waals surface area contributed by atoms with Gasteiger partial charge in [-0.05, 0) is 25.5 Å². The molecule has 0 fully saturated rings. The van der Waals surface area contributed by atoms with E-state index >= 15 is 0 Å². The molecule has 1 aromatic heterocycles. The number of ether oxygens (including phenoxy) is 3. The zero-order valence-corrected chi connectivity index (χ0v) is 12.8. The van der Waals surface area contributed by atoms with Crippen molar-refractivity contribution in [1.82, 2.24) is 10.3 Å². The van der Waals surface area contributed by atoms with Gasteiger partial charge < -0.3 is 19.5 Å². The molecule has 1 rings (SSSR count). The van der Waals surface area contributed by atoms with Gasteiger partial charge in [-0.2, -0.15) is 0 Å². The highest BCUT2D eigenvalue weighted by molar-refractivity contribution is 5.24. The first-order valence-corrected chi connectivity index (χ1v) is 7.14. The second kappa shape index (κ2) is 10.6. The van der Waals surface area contributed by atoms with Gasteiger partial charge in [0, 0.05) is 25.4 Å². The van der Waals surface area contributed by atoms with E-state index in [9.17, 15) is 0 Å². The lowest BCUT2D eigenvalue weighted by Gasteiger charge is -2.10. The van der Waals surface area contributed by atoms with Gasteiger partial charge in [-0.1, -0.05) is 13.0 Å². The van der Waals surface area contributed by atoms with Crippen LogP contribution in [0.5, 0.6) is 5.88 Å². The maximum absolute atomic E-state index is 5.55. The normalized spacial score (nSPS) is 10.8. The van der Waals surface area contributed by atoms with Crippen molar-refractivity contribution in [2.24, 2.45) is 0 Å². The fraction of sp³-hybridized carbons (Fsp3) is 0.667. The molecule has 0 aliphatic heterocycles. The third kappa shape index (κ3) is 6.84. The maximum Gasteiger partial charge on any atom is 0.213 e. The predicted octanol–water partition coefficient (Wildman–Crippen LogP) is 1.93. The Bertz CT molecular complexity index is 372. The molecule has 0 saturated heterocycles. The molecule has 1 N–H and O–H groups in total. The SMILES string of the molecule is CCCNCc1ccc(OCCOCCOC)nc1C. The van der Waals surface area contributed by atoms with Crippen molar-refractivity contribution in [3.05, 3.63) is 23.4 Å².